The molecule has 1 saturated heterocycles. The van der Waals surface area contributed by atoms with E-state index >= 15 is 0 Å². The average molecular weight is 290 g/mol. The number of ether oxygens (including phenoxy) is 2. The van der Waals surface area contributed by atoms with Crippen molar-refractivity contribution in [1.82, 2.24) is 5.32 Å². The van der Waals surface area contributed by atoms with E-state index in [-0.39, 0.29) is 11.7 Å². The van der Waals surface area contributed by atoms with Crippen LogP contribution in [0.3, 0.4) is 0 Å². The molecule has 3 rings (SSSR count). The smallest absolute Gasteiger partial charge is 0.248 e. The van der Waals surface area contributed by atoms with E-state index in [1.54, 1.807) is 6.07 Å². The van der Waals surface area contributed by atoms with E-state index in [9.17, 15) is 4.79 Å². The number of nitrogens with one attached hydrogen (secondary N) is 1. The van der Waals surface area contributed by atoms with Gasteiger partial charge >= 0.3 is 0 Å². The molecule has 5 heteroatoms. The number of benzene rings is 1. The second-order valence-electron chi connectivity index (χ2n) is 5.83. The number of carbonyl (C=O) groups is 1. The number of hydrogen-bond donors (Lipinski definition) is 2. The summed E-state index contributed by atoms with van der Waals surface area (Å²) in [6, 6.07) is 7.94. The number of carbonyl (C=O) groups excluding carboxylic acids is 1. The van der Waals surface area contributed by atoms with Crippen molar-refractivity contribution in [2.75, 3.05) is 13.2 Å². The summed E-state index contributed by atoms with van der Waals surface area (Å²) in [7, 11) is 0. The van der Waals surface area contributed by atoms with Crippen molar-refractivity contribution >= 4 is 5.91 Å². The van der Waals surface area contributed by atoms with Crippen LogP contribution in [0, 0.1) is 0 Å². The number of hydrogen-bond acceptors (Lipinski definition) is 4. The van der Waals surface area contributed by atoms with Gasteiger partial charge in [-0.3, -0.25) is 4.79 Å². The Bertz CT molecular complexity index is 502. The number of primary amides is 1. The first kappa shape index (κ1) is 14.5. The van der Waals surface area contributed by atoms with Gasteiger partial charge in [0.25, 0.3) is 0 Å². The molecule has 0 atom stereocenters. The van der Waals surface area contributed by atoms with Crippen molar-refractivity contribution in [3.8, 4) is 0 Å². The maximum atomic E-state index is 11.2. The lowest BCUT2D eigenvalue weighted by atomic mass is 9.90. The molecule has 1 aliphatic carbocycles. The highest BCUT2D eigenvalue weighted by Crippen LogP contribution is 2.35. The monoisotopic (exact) mass is 290 g/mol. The summed E-state index contributed by atoms with van der Waals surface area (Å²) in [6.45, 7) is 2.19. The van der Waals surface area contributed by atoms with Gasteiger partial charge in [0, 0.05) is 31.0 Å². The fraction of sp³-hybridized carbons (Fsp3) is 0.562. The van der Waals surface area contributed by atoms with E-state index in [1.165, 1.54) is 0 Å². The van der Waals surface area contributed by atoms with Gasteiger partial charge in [-0.15, -0.1) is 0 Å². The summed E-state index contributed by atoms with van der Waals surface area (Å²) >= 11 is 0. The van der Waals surface area contributed by atoms with Crippen LogP contribution in [0.15, 0.2) is 24.3 Å². The van der Waals surface area contributed by atoms with E-state index in [1.807, 2.05) is 18.2 Å². The molecule has 114 valence electrons. The molecular weight excluding hydrogens is 268 g/mol. The molecule has 1 aromatic rings. The third-order valence-electron chi connectivity index (χ3n) is 4.37. The van der Waals surface area contributed by atoms with Gasteiger partial charge in [-0.2, -0.15) is 0 Å². The molecule has 2 aliphatic rings. The van der Waals surface area contributed by atoms with E-state index < -0.39 is 0 Å². The van der Waals surface area contributed by atoms with Crippen LogP contribution in [0.2, 0.25) is 0 Å². The Balaban J connectivity index is 1.50. The van der Waals surface area contributed by atoms with Gasteiger partial charge in [0.15, 0.2) is 5.79 Å². The van der Waals surface area contributed by atoms with E-state index in [0.29, 0.717) is 11.6 Å². The molecule has 2 fully saturated rings. The lowest BCUT2D eigenvalue weighted by Crippen LogP contribution is -2.41. The van der Waals surface area contributed by atoms with Gasteiger partial charge in [-0.25, -0.2) is 0 Å². The van der Waals surface area contributed by atoms with Crippen molar-refractivity contribution in [2.45, 2.75) is 44.1 Å². The lowest BCUT2D eigenvalue weighted by Gasteiger charge is -2.35. The molecule has 0 aromatic heterocycles. The molecule has 1 saturated carbocycles. The summed E-state index contributed by atoms with van der Waals surface area (Å²) < 4.78 is 11.5. The third-order valence-corrected chi connectivity index (χ3v) is 4.37. The maximum Gasteiger partial charge on any atom is 0.248 e. The average Bonchev–Trinajstić information content (AvgIpc) is 2.95. The van der Waals surface area contributed by atoms with E-state index in [4.69, 9.17) is 15.2 Å². The molecular formula is C16H22N2O3. The second-order valence-corrected chi connectivity index (χ2v) is 5.83. The molecule has 0 bridgehead atoms. The molecule has 1 heterocycles. The first-order chi connectivity index (χ1) is 10.2. The minimum absolute atomic E-state index is 0.302. The van der Waals surface area contributed by atoms with Crippen molar-refractivity contribution in [2.24, 2.45) is 5.73 Å². The Morgan fingerprint density at radius 2 is 2.00 bits per heavy atom. The second kappa shape index (κ2) is 6.13. The van der Waals surface area contributed by atoms with Gasteiger partial charge in [0.1, 0.15) is 0 Å². The van der Waals surface area contributed by atoms with Crippen molar-refractivity contribution in [3.05, 3.63) is 35.4 Å². The third kappa shape index (κ3) is 3.43. The predicted molar refractivity (Wildman–Crippen MR) is 78.7 cm³/mol. The summed E-state index contributed by atoms with van der Waals surface area (Å²) in [5.41, 5.74) is 6.94. The molecule has 21 heavy (non-hydrogen) atoms. The van der Waals surface area contributed by atoms with Gasteiger partial charge < -0.3 is 20.5 Å². The molecule has 1 amide bonds. The standard InChI is InChI=1S/C16H22N2O3/c17-15(19)13-3-1-2-12(10-13)11-18-14-4-6-16(7-5-14)20-8-9-21-16/h1-3,10,14,18H,4-9,11H2,(H2,17,19). The largest absolute Gasteiger partial charge is 0.366 e. The number of amides is 1. The normalized spacial score (nSPS) is 21.7. The number of rotatable bonds is 4. The minimum atomic E-state index is -0.382. The Hall–Kier alpha value is -1.43. The van der Waals surface area contributed by atoms with Crippen LogP contribution in [-0.4, -0.2) is 30.9 Å². The molecule has 1 aliphatic heterocycles. The fourth-order valence-corrected chi connectivity index (χ4v) is 3.14. The molecule has 3 N–H and O–H groups in total. The lowest BCUT2D eigenvalue weighted by molar-refractivity contribution is -0.179. The van der Waals surface area contributed by atoms with Crippen LogP contribution in [-0.2, 0) is 16.0 Å². The Morgan fingerprint density at radius 1 is 1.29 bits per heavy atom. The highest BCUT2D eigenvalue weighted by molar-refractivity contribution is 5.92. The maximum absolute atomic E-state index is 11.2. The van der Waals surface area contributed by atoms with Crippen molar-refractivity contribution in [3.63, 3.8) is 0 Å². The Labute approximate surface area is 124 Å². The quantitative estimate of drug-likeness (QED) is 0.882. The Kier molecular flexibility index (Phi) is 4.24. The highest BCUT2D eigenvalue weighted by Gasteiger charge is 2.40. The summed E-state index contributed by atoms with van der Waals surface area (Å²) in [5, 5.41) is 3.55. The first-order valence-electron chi connectivity index (χ1n) is 7.57. The van der Waals surface area contributed by atoms with Gasteiger partial charge in [-0.1, -0.05) is 12.1 Å². The van der Waals surface area contributed by atoms with Gasteiger partial charge in [-0.05, 0) is 30.5 Å². The molecule has 5 nitrogen and oxygen atoms in total. The predicted octanol–water partition coefficient (Wildman–Crippen LogP) is 1.56. The summed E-state index contributed by atoms with van der Waals surface area (Å²) in [5.74, 6) is -0.684. The van der Waals surface area contributed by atoms with E-state index in [0.717, 1.165) is 51.0 Å². The topological polar surface area (TPSA) is 73.6 Å². The van der Waals surface area contributed by atoms with Crippen molar-refractivity contribution in [1.29, 1.82) is 0 Å². The van der Waals surface area contributed by atoms with E-state index in [2.05, 4.69) is 5.32 Å². The zero-order valence-electron chi connectivity index (χ0n) is 12.1. The van der Waals surface area contributed by atoms with Crippen LogP contribution >= 0.6 is 0 Å². The first-order valence-corrected chi connectivity index (χ1v) is 7.57. The highest BCUT2D eigenvalue weighted by atomic mass is 16.7. The van der Waals surface area contributed by atoms with Crippen LogP contribution in [0.4, 0.5) is 0 Å². The van der Waals surface area contributed by atoms with Gasteiger partial charge in [0.2, 0.25) is 5.91 Å². The van der Waals surface area contributed by atoms with Crippen molar-refractivity contribution < 1.29 is 14.3 Å². The van der Waals surface area contributed by atoms with Crippen LogP contribution in [0.25, 0.3) is 0 Å². The zero-order valence-corrected chi connectivity index (χ0v) is 12.1. The molecule has 1 spiro atoms. The molecule has 1 aromatic carbocycles. The summed E-state index contributed by atoms with van der Waals surface area (Å²) in [4.78, 5) is 11.2. The van der Waals surface area contributed by atoms with Crippen LogP contribution in [0.1, 0.15) is 41.6 Å². The minimum Gasteiger partial charge on any atom is -0.366 e. The van der Waals surface area contributed by atoms with Gasteiger partial charge in [0.05, 0.1) is 13.2 Å². The molecule has 0 radical (unpaired) electrons. The zero-order chi connectivity index (χ0) is 14.7. The van der Waals surface area contributed by atoms with Crippen LogP contribution in [0.5, 0.6) is 0 Å². The molecule has 0 unspecified atom stereocenters. The fourth-order valence-electron chi connectivity index (χ4n) is 3.14. The summed E-state index contributed by atoms with van der Waals surface area (Å²) in [6.07, 6.45) is 4.00. The SMILES string of the molecule is NC(=O)c1cccc(CNC2CCC3(CC2)OCCO3)c1. The van der Waals surface area contributed by atoms with Crippen LogP contribution < -0.4 is 11.1 Å². The Morgan fingerprint density at radius 3 is 2.67 bits per heavy atom. The number of nitrogens with two attached hydrogens (primary N) is 1.